The lowest BCUT2D eigenvalue weighted by Gasteiger charge is -2.08. The minimum absolute atomic E-state index is 0.280. The number of nitrogens with zero attached hydrogens (tertiary/aromatic N) is 3. The molecule has 0 amide bonds. The molecule has 3 heterocycles. The van der Waals surface area contributed by atoms with E-state index in [4.69, 9.17) is 4.42 Å². The van der Waals surface area contributed by atoms with Crippen molar-refractivity contribution in [3.05, 3.63) is 88.8 Å². The molecule has 0 aliphatic carbocycles. The number of hydrogen-bond acceptors (Lipinski definition) is 5. The number of benzene rings is 2. The normalized spacial score (nSPS) is 12.1. The molecule has 0 unspecified atom stereocenters. The van der Waals surface area contributed by atoms with Crippen LogP contribution >= 0.6 is 0 Å². The summed E-state index contributed by atoms with van der Waals surface area (Å²) < 4.78 is 32.4. The predicted octanol–water partition coefficient (Wildman–Crippen LogP) is 3.67. The van der Waals surface area contributed by atoms with Gasteiger partial charge in [-0.3, -0.25) is 4.57 Å². The van der Waals surface area contributed by atoms with Gasteiger partial charge in [0.2, 0.25) is 0 Å². The fourth-order valence-corrected chi connectivity index (χ4v) is 4.41. The highest BCUT2D eigenvalue weighted by molar-refractivity contribution is 7.90. The number of aromatic nitrogens is 3. The number of oxazole rings is 1. The molecule has 3 aromatic heterocycles. The van der Waals surface area contributed by atoms with Crippen molar-refractivity contribution in [3.63, 3.8) is 0 Å². The van der Waals surface area contributed by atoms with Crippen molar-refractivity contribution in [1.82, 2.24) is 14.0 Å². The molecule has 5 aromatic rings. The highest BCUT2D eigenvalue weighted by Crippen LogP contribution is 2.24. The molecular formula is C23H19N3O4S. The largest absolute Gasteiger partial charge is 0.420 e. The van der Waals surface area contributed by atoms with Gasteiger partial charge in [-0.05, 0) is 54.4 Å². The highest BCUT2D eigenvalue weighted by Gasteiger charge is 2.15. The number of fused-ring (bicyclic) bond motifs is 2. The van der Waals surface area contributed by atoms with Gasteiger partial charge in [0.15, 0.2) is 15.4 Å². The first kappa shape index (κ1) is 19.3. The zero-order valence-electron chi connectivity index (χ0n) is 16.9. The van der Waals surface area contributed by atoms with E-state index in [0.717, 1.165) is 33.7 Å². The summed E-state index contributed by atoms with van der Waals surface area (Å²) in [5.41, 5.74) is 5.54. The Kier molecular flexibility index (Phi) is 4.33. The Morgan fingerprint density at radius 3 is 2.42 bits per heavy atom. The van der Waals surface area contributed by atoms with E-state index in [0.29, 0.717) is 12.1 Å². The first-order chi connectivity index (χ1) is 14.8. The molecule has 0 N–H and O–H groups in total. The summed E-state index contributed by atoms with van der Waals surface area (Å²) in [6.45, 7) is 2.23. The van der Waals surface area contributed by atoms with Crippen LogP contribution < -0.4 is 5.76 Å². The summed E-state index contributed by atoms with van der Waals surface area (Å²) >= 11 is 0. The van der Waals surface area contributed by atoms with E-state index in [2.05, 4.69) is 4.98 Å². The summed E-state index contributed by atoms with van der Waals surface area (Å²) in [5.74, 6) is -0.414. The number of hydrogen-bond donors (Lipinski definition) is 0. The molecule has 0 saturated carbocycles. The second-order valence-electron chi connectivity index (χ2n) is 7.51. The van der Waals surface area contributed by atoms with Gasteiger partial charge in [-0.2, -0.15) is 0 Å². The van der Waals surface area contributed by atoms with Crippen LogP contribution in [0.4, 0.5) is 0 Å². The topological polar surface area (TPSA) is 86.6 Å². The Balaban J connectivity index is 1.60. The molecule has 0 spiro atoms. The summed E-state index contributed by atoms with van der Waals surface area (Å²) in [7, 11) is -3.25. The van der Waals surface area contributed by atoms with Gasteiger partial charge in [0.1, 0.15) is 5.65 Å². The van der Waals surface area contributed by atoms with Crippen molar-refractivity contribution in [2.24, 2.45) is 0 Å². The van der Waals surface area contributed by atoms with Crippen molar-refractivity contribution >= 4 is 26.6 Å². The van der Waals surface area contributed by atoms with Crippen molar-refractivity contribution in [2.45, 2.75) is 18.4 Å². The SMILES string of the molecule is Cc1nc2ccc(-c3ccc(S(C)(=O)=O)cc3)cn2c1Cn1c(=O)oc2ccccc21. The van der Waals surface area contributed by atoms with Crippen LogP contribution in [0.25, 0.3) is 27.9 Å². The van der Waals surface area contributed by atoms with Crippen LogP contribution in [0.3, 0.4) is 0 Å². The van der Waals surface area contributed by atoms with Gasteiger partial charge < -0.3 is 8.82 Å². The molecule has 156 valence electrons. The maximum absolute atomic E-state index is 12.4. The zero-order valence-corrected chi connectivity index (χ0v) is 17.8. The minimum Gasteiger partial charge on any atom is -0.408 e. The Morgan fingerprint density at radius 1 is 0.968 bits per heavy atom. The van der Waals surface area contributed by atoms with E-state index in [-0.39, 0.29) is 4.90 Å². The van der Waals surface area contributed by atoms with Crippen LogP contribution in [0.2, 0.25) is 0 Å². The number of imidazole rings is 1. The van der Waals surface area contributed by atoms with Crippen molar-refractivity contribution in [1.29, 1.82) is 0 Å². The summed E-state index contributed by atoms with van der Waals surface area (Å²) in [6, 6.07) is 18.0. The average molecular weight is 433 g/mol. The second-order valence-corrected chi connectivity index (χ2v) is 9.52. The molecule has 0 aliphatic rings. The van der Waals surface area contributed by atoms with Crippen molar-refractivity contribution in [3.8, 4) is 11.1 Å². The van der Waals surface area contributed by atoms with Crippen LogP contribution in [0.5, 0.6) is 0 Å². The standard InChI is InChI=1S/C23H19N3O4S/c1-15-20(14-26-19-5-3-4-6-21(19)30-23(26)27)25-13-17(9-12-22(25)24-15)16-7-10-18(11-8-16)31(2,28)29/h3-13H,14H2,1-2H3. The Hall–Kier alpha value is -3.65. The predicted molar refractivity (Wildman–Crippen MR) is 118 cm³/mol. The lowest BCUT2D eigenvalue weighted by atomic mass is 10.1. The van der Waals surface area contributed by atoms with Crippen LogP contribution in [0.1, 0.15) is 11.4 Å². The third-order valence-electron chi connectivity index (χ3n) is 5.42. The number of para-hydroxylation sites is 2. The van der Waals surface area contributed by atoms with Crippen LogP contribution in [-0.4, -0.2) is 28.6 Å². The molecule has 8 heteroatoms. The first-order valence-electron chi connectivity index (χ1n) is 9.68. The van der Waals surface area contributed by atoms with Gasteiger partial charge in [-0.15, -0.1) is 0 Å². The molecule has 0 bridgehead atoms. The van der Waals surface area contributed by atoms with Gasteiger partial charge in [0, 0.05) is 12.5 Å². The van der Waals surface area contributed by atoms with Gasteiger partial charge in [0.05, 0.1) is 28.3 Å². The molecule has 31 heavy (non-hydrogen) atoms. The molecule has 0 saturated heterocycles. The smallest absolute Gasteiger partial charge is 0.408 e. The average Bonchev–Trinajstić information content (AvgIpc) is 3.23. The minimum atomic E-state index is -3.25. The maximum Gasteiger partial charge on any atom is 0.420 e. The van der Waals surface area contributed by atoms with E-state index in [1.165, 1.54) is 6.26 Å². The lowest BCUT2D eigenvalue weighted by molar-refractivity contribution is 0.515. The van der Waals surface area contributed by atoms with Gasteiger partial charge >= 0.3 is 5.76 Å². The molecule has 0 aliphatic heterocycles. The van der Waals surface area contributed by atoms with Gasteiger partial charge in [-0.1, -0.05) is 24.3 Å². The van der Waals surface area contributed by atoms with Crippen LogP contribution in [-0.2, 0) is 16.4 Å². The highest BCUT2D eigenvalue weighted by atomic mass is 32.2. The molecule has 2 aromatic carbocycles. The number of sulfone groups is 1. The third-order valence-corrected chi connectivity index (χ3v) is 6.54. The molecule has 0 atom stereocenters. The quantitative estimate of drug-likeness (QED) is 0.432. The van der Waals surface area contributed by atoms with Gasteiger partial charge in [0.25, 0.3) is 0 Å². The van der Waals surface area contributed by atoms with E-state index in [9.17, 15) is 13.2 Å². The van der Waals surface area contributed by atoms with Crippen molar-refractivity contribution < 1.29 is 12.8 Å². The van der Waals surface area contributed by atoms with Crippen molar-refractivity contribution in [2.75, 3.05) is 6.26 Å². The Labute approximate surface area is 178 Å². The summed E-state index contributed by atoms with van der Waals surface area (Å²) in [4.78, 5) is 17.3. The number of rotatable bonds is 4. The number of pyridine rings is 1. The second kappa shape index (κ2) is 6.95. The monoisotopic (exact) mass is 433 g/mol. The van der Waals surface area contributed by atoms with E-state index in [1.807, 2.05) is 47.9 Å². The maximum atomic E-state index is 12.4. The fourth-order valence-electron chi connectivity index (χ4n) is 3.78. The summed E-state index contributed by atoms with van der Waals surface area (Å²) in [5, 5.41) is 0. The van der Waals surface area contributed by atoms with E-state index >= 15 is 0 Å². The van der Waals surface area contributed by atoms with Gasteiger partial charge in [-0.25, -0.2) is 18.2 Å². The van der Waals surface area contributed by atoms with E-state index in [1.54, 1.807) is 34.9 Å². The van der Waals surface area contributed by atoms with E-state index < -0.39 is 15.6 Å². The molecule has 0 radical (unpaired) electrons. The molecule has 0 fully saturated rings. The summed E-state index contributed by atoms with van der Waals surface area (Å²) in [6.07, 6.45) is 3.14. The third kappa shape index (κ3) is 3.34. The molecule has 5 rings (SSSR count). The molecular weight excluding hydrogens is 414 g/mol. The molecule has 7 nitrogen and oxygen atoms in total. The Morgan fingerprint density at radius 2 is 1.68 bits per heavy atom. The lowest BCUT2D eigenvalue weighted by Crippen LogP contribution is -2.16. The number of aryl methyl sites for hydroxylation is 1. The fraction of sp³-hybridized carbons (Fsp3) is 0.130. The zero-order chi connectivity index (χ0) is 21.8. The van der Waals surface area contributed by atoms with Crippen LogP contribution in [0, 0.1) is 6.92 Å². The first-order valence-corrected chi connectivity index (χ1v) is 11.6. The Bertz CT molecular complexity index is 1610. The van der Waals surface area contributed by atoms with Crippen LogP contribution in [0.15, 0.2) is 81.0 Å².